The second-order valence-corrected chi connectivity index (χ2v) is 9.87. The molecule has 0 unspecified atom stereocenters. The zero-order valence-electron chi connectivity index (χ0n) is 20.1. The predicted molar refractivity (Wildman–Crippen MR) is 146 cm³/mol. The monoisotopic (exact) mass is 454 g/mol. The average molecular weight is 454 g/mol. The van der Waals surface area contributed by atoms with Crippen molar-refractivity contribution < 1.29 is 4.42 Å². The summed E-state index contributed by atoms with van der Waals surface area (Å²) in [7, 11) is 2.08. The van der Waals surface area contributed by atoms with Gasteiger partial charge in [-0.25, -0.2) is 0 Å². The maximum Gasteiger partial charge on any atom is 0.163 e. The van der Waals surface area contributed by atoms with Crippen molar-refractivity contribution in [2.75, 3.05) is 0 Å². The maximum absolute atomic E-state index is 9.72. The Morgan fingerprint density at radius 3 is 2.46 bits per heavy atom. The molecule has 35 heavy (non-hydrogen) atoms. The number of pyridine rings is 1. The van der Waals surface area contributed by atoms with Crippen molar-refractivity contribution in [2.45, 2.75) is 38.5 Å². The van der Waals surface area contributed by atoms with Crippen molar-refractivity contribution >= 4 is 35.4 Å². The van der Waals surface area contributed by atoms with Crippen molar-refractivity contribution in [2.24, 2.45) is 5.92 Å². The van der Waals surface area contributed by atoms with Crippen molar-refractivity contribution in [3.8, 4) is 28.5 Å². The lowest BCUT2D eigenvalue weighted by molar-refractivity contribution is 0.357. The van der Waals surface area contributed by atoms with E-state index >= 15 is 0 Å². The van der Waals surface area contributed by atoms with Gasteiger partial charge in [0.25, 0.3) is 0 Å². The quantitative estimate of drug-likeness (QED) is 0.289. The molecule has 0 spiro atoms. The van der Waals surface area contributed by atoms with Gasteiger partial charge in [-0.05, 0) is 59.4 Å². The van der Waals surface area contributed by atoms with E-state index in [1.807, 2.05) is 30.3 Å². The fourth-order valence-corrected chi connectivity index (χ4v) is 5.72. The molecule has 6 rings (SSSR count). The van der Waals surface area contributed by atoms with E-state index in [2.05, 4.69) is 56.4 Å². The van der Waals surface area contributed by atoms with Crippen LogP contribution in [-0.4, -0.2) is 12.8 Å². The lowest BCUT2D eigenvalue weighted by atomic mass is 9.84. The first kappa shape index (κ1) is 21.7. The van der Waals surface area contributed by atoms with Crippen LogP contribution in [0, 0.1) is 17.2 Å². The van der Waals surface area contributed by atoms with E-state index in [1.54, 1.807) is 0 Å². The summed E-state index contributed by atoms with van der Waals surface area (Å²) in [6.45, 7) is 0. The van der Waals surface area contributed by atoms with Gasteiger partial charge in [-0.2, -0.15) is 5.26 Å². The number of nitrogens with zero attached hydrogens (tertiary/aromatic N) is 2. The van der Waals surface area contributed by atoms with Crippen molar-refractivity contribution in [1.82, 2.24) is 4.98 Å². The van der Waals surface area contributed by atoms with Gasteiger partial charge in [-0.15, -0.1) is 0 Å². The fourth-order valence-electron chi connectivity index (χ4n) is 5.72. The Labute approximate surface area is 206 Å². The smallest absolute Gasteiger partial charge is 0.163 e. The number of furan rings is 1. The molecule has 3 nitrogen and oxygen atoms in total. The molecule has 0 N–H and O–H groups in total. The van der Waals surface area contributed by atoms with Gasteiger partial charge in [0.1, 0.15) is 11.2 Å². The predicted octanol–water partition coefficient (Wildman–Crippen LogP) is 6.57. The van der Waals surface area contributed by atoms with Crippen LogP contribution in [0.3, 0.4) is 0 Å². The number of fused-ring (bicyclic) bond motifs is 3. The van der Waals surface area contributed by atoms with E-state index in [4.69, 9.17) is 9.40 Å². The molecule has 2 aromatic heterocycles. The van der Waals surface area contributed by atoms with Gasteiger partial charge in [-0.1, -0.05) is 74.6 Å². The second kappa shape index (κ2) is 9.08. The molecular formula is C31H27BN2O. The lowest BCUT2D eigenvalue weighted by Crippen LogP contribution is -2.14. The molecule has 2 heterocycles. The molecule has 1 aliphatic rings. The number of hydrogen-bond donors (Lipinski definition) is 0. The standard InChI is InChI=1S/C31H27BN2O/c32-29-18-21(14-20-8-3-1-4-9-20)17-28(34-29)25-13-7-12-24-27-16-22(19-33)15-26(31(27)35-30(24)25)23-10-5-2-6-11-23/h2,5-7,10-13,15-18,20H,1,3-4,8-9,14,32H2. The highest BCUT2D eigenvalue weighted by Crippen LogP contribution is 2.40. The topological polar surface area (TPSA) is 49.8 Å². The van der Waals surface area contributed by atoms with E-state index in [0.29, 0.717) is 5.56 Å². The lowest BCUT2D eigenvalue weighted by Gasteiger charge is -2.21. The number of hydrogen-bond acceptors (Lipinski definition) is 3. The summed E-state index contributed by atoms with van der Waals surface area (Å²) in [6.07, 6.45) is 7.88. The van der Waals surface area contributed by atoms with Crippen LogP contribution >= 0.6 is 0 Å². The third kappa shape index (κ3) is 4.12. The van der Waals surface area contributed by atoms with Crippen LogP contribution in [0.15, 0.2) is 77.2 Å². The van der Waals surface area contributed by atoms with Crippen LogP contribution in [0.5, 0.6) is 0 Å². The number of nitriles is 1. The normalized spacial score (nSPS) is 14.4. The molecule has 0 atom stereocenters. The van der Waals surface area contributed by atoms with Gasteiger partial charge in [0, 0.05) is 21.9 Å². The van der Waals surface area contributed by atoms with Crippen LogP contribution in [0.2, 0.25) is 0 Å². The Balaban J connectivity index is 1.52. The first-order chi connectivity index (χ1) is 17.2. The number of aromatic nitrogens is 1. The summed E-state index contributed by atoms with van der Waals surface area (Å²) >= 11 is 0. The molecule has 3 aromatic carbocycles. The molecule has 0 aliphatic heterocycles. The summed E-state index contributed by atoms with van der Waals surface area (Å²) in [5.41, 5.74) is 8.63. The zero-order valence-corrected chi connectivity index (χ0v) is 20.1. The minimum Gasteiger partial charge on any atom is -0.455 e. The highest BCUT2D eigenvalue weighted by Gasteiger charge is 2.19. The van der Waals surface area contributed by atoms with Crippen molar-refractivity contribution in [3.63, 3.8) is 0 Å². The third-order valence-corrected chi connectivity index (χ3v) is 7.35. The van der Waals surface area contributed by atoms with E-state index in [0.717, 1.165) is 62.3 Å². The van der Waals surface area contributed by atoms with Gasteiger partial charge in [0.15, 0.2) is 7.85 Å². The van der Waals surface area contributed by atoms with Gasteiger partial charge in [0.05, 0.1) is 17.3 Å². The van der Waals surface area contributed by atoms with Crippen molar-refractivity contribution in [1.29, 1.82) is 5.26 Å². The molecule has 1 fully saturated rings. The van der Waals surface area contributed by atoms with Crippen LogP contribution in [0.4, 0.5) is 0 Å². The van der Waals surface area contributed by atoms with E-state index in [9.17, 15) is 5.26 Å². The summed E-state index contributed by atoms with van der Waals surface area (Å²) in [5.74, 6) is 0.776. The van der Waals surface area contributed by atoms with Crippen LogP contribution in [0.25, 0.3) is 44.3 Å². The Bertz CT molecular complexity index is 1570. The number of rotatable bonds is 4. The van der Waals surface area contributed by atoms with Gasteiger partial charge in [-0.3, -0.25) is 4.98 Å². The molecule has 0 radical (unpaired) electrons. The summed E-state index contributed by atoms with van der Waals surface area (Å²) in [4.78, 5) is 4.92. The van der Waals surface area contributed by atoms with E-state index in [-0.39, 0.29) is 0 Å². The van der Waals surface area contributed by atoms with Gasteiger partial charge in [0.2, 0.25) is 0 Å². The van der Waals surface area contributed by atoms with Crippen LogP contribution < -0.4 is 5.59 Å². The minimum absolute atomic E-state index is 0.632. The molecule has 5 aromatic rings. The Morgan fingerprint density at radius 1 is 0.857 bits per heavy atom. The maximum atomic E-state index is 9.72. The molecule has 0 amide bonds. The molecule has 0 bridgehead atoms. The number of para-hydroxylation sites is 1. The molecule has 1 saturated carbocycles. The first-order valence-electron chi connectivity index (χ1n) is 12.6. The highest BCUT2D eigenvalue weighted by molar-refractivity contribution is 6.30. The largest absolute Gasteiger partial charge is 0.455 e. The highest BCUT2D eigenvalue weighted by atomic mass is 16.3. The minimum atomic E-state index is 0.632. The zero-order chi connectivity index (χ0) is 23.8. The van der Waals surface area contributed by atoms with E-state index in [1.165, 1.54) is 37.7 Å². The molecular weight excluding hydrogens is 427 g/mol. The van der Waals surface area contributed by atoms with E-state index < -0.39 is 0 Å². The van der Waals surface area contributed by atoms with Crippen molar-refractivity contribution in [3.05, 3.63) is 83.9 Å². The molecule has 1 aliphatic carbocycles. The van der Waals surface area contributed by atoms with Crippen LogP contribution in [-0.2, 0) is 6.42 Å². The Kier molecular flexibility index (Phi) is 5.62. The fraction of sp³-hybridized carbons (Fsp3) is 0.226. The molecule has 170 valence electrons. The summed E-state index contributed by atoms with van der Waals surface area (Å²) in [5, 5.41) is 11.7. The first-order valence-corrected chi connectivity index (χ1v) is 12.6. The molecule has 4 heteroatoms. The number of benzene rings is 3. The van der Waals surface area contributed by atoms with Gasteiger partial charge >= 0.3 is 0 Å². The SMILES string of the molecule is Bc1cc(CC2CCCCC2)cc(-c2cccc3c2oc2c(-c4ccccc4)cc(C#N)cc23)n1. The summed E-state index contributed by atoms with van der Waals surface area (Å²) in [6, 6.07) is 27.1. The molecule has 0 saturated heterocycles. The second-order valence-electron chi connectivity index (χ2n) is 9.87. The third-order valence-electron chi connectivity index (χ3n) is 7.35. The summed E-state index contributed by atoms with van der Waals surface area (Å²) < 4.78 is 6.60. The Morgan fingerprint density at radius 2 is 1.66 bits per heavy atom. The van der Waals surface area contributed by atoms with Crippen LogP contribution in [0.1, 0.15) is 43.2 Å². The Hall–Kier alpha value is -3.84. The van der Waals surface area contributed by atoms with Gasteiger partial charge < -0.3 is 4.42 Å². The average Bonchev–Trinajstić information content (AvgIpc) is 3.27.